The fraction of sp³-hybridized carbons (Fsp3) is 0.143. The van der Waals surface area contributed by atoms with Gasteiger partial charge in [-0.15, -0.1) is 11.3 Å². The highest BCUT2D eigenvalue weighted by Crippen LogP contribution is 2.29. The van der Waals surface area contributed by atoms with Crippen LogP contribution in [0.4, 0.5) is 0 Å². The molecule has 0 radical (unpaired) electrons. The topological polar surface area (TPSA) is 45.8 Å². The van der Waals surface area contributed by atoms with Crippen LogP contribution in [0.2, 0.25) is 0 Å². The lowest BCUT2D eigenvalue weighted by atomic mass is 10.3. The molecule has 12 heavy (non-hydrogen) atoms. The van der Waals surface area contributed by atoms with Crippen molar-refractivity contribution in [1.29, 1.82) is 0 Å². The van der Waals surface area contributed by atoms with Crippen molar-refractivity contribution in [3.05, 3.63) is 15.5 Å². The molecule has 2 heterocycles. The number of carbonyl (C=O) groups excluding carboxylic acids is 1. The average Bonchev–Trinajstić information content (AvgIpc) is 2.53. The summed E-state index contributed by atoms with van der Waals surface area (Å²) in [4.78, 5) is 12.6. The third kappa shape index (κ3) is 1.09. The van der Waals surface area contributed by atoms with Gasteiger partial charge < -0.3 is 0 Å². The van der Waals surface area contributed by atoms with Crippen LogP contribution >= 0.6 is 27.3 Å². The molecule has 0 atom stereocenters. The van der Waals surface area contributed by atoms with Gasteiger partial charge >= 0.3 is 0 Å². The maximum atomic E-state index is 11.0. The zero-order valence-electron chi connectivity index (χ0n) is 6.22. The molecule has 0 bridgehead atoms. The van der Waals surface area contributed by atoms with E-state index in [-0.39, 0.29) is 5.78 Å². The number of nitrogens with zero attached hydrogens (tertiary/aromatic N) is 1. The van der Waals surface area contributed by atoms with Crippen LogP contribution in [0.15, 0.2) is 10.7 Å². The molecule has 0 saturated carbocycles. The van der Waals surface area contributed by atoms with E-state index < -0.39 is 0 Å². The third-order valence-electron chi connectivity index (χ3n) is 1.55. The minimum absolute atomic E-state index is 0.0879. The SMILES string of the molecule is CC(=O)c1cc2c(Br)[nH]nc2s1. The van der Waals surface area contributed by atoms with Crippen molar-refractivity contribution in [2.75, 3.05) is 0 Å². The average molecular weight is 245 g/mol. The summed E-state index contributed by atoms with van der Waals surface area (Å²) in [6, 6.07) is 1.84. The number of fused-ring (bicyclic) bond motifs is 1. The Labute approximate surface area is 80.9 Å². The van der Waals surface area contributed by atoms with E-state index in [1.807, 2.05) is 6.07 Å². The summed E-state index contributed by atoms with van der Waals surface area (Å²) in [7, 11) is 0. The molecular formula is C7H5BrN2OS. The Morgan fingerprint density at radius 1 is 1.75 bits per heavy atom. The number of aromatic nitrogens is 2. The molecule has 0 amide bonds. The quantitative estimate of drug-likeness (QED) is 0.785. The van der Waals surface area contributed by atoms with Gasteiger partial charge in [-0.1, -0.05) is 0 Å². The number of thiophene rings is 1. The zero-order chi connectivity index (χ0) is 8.72. The summed E-state index contributed by atoms with van der Waals surface area (Å²) in [6.07, 6.45) is 0. The lowest BCUT2D eigenvalue weighted by molar-refractivity contribution is 0.102. The van der Waals surface area contributed by atoms with E-state index in [2.05, 4.69) is 26.1 Å². The van der Waals surface area contributed by atoms with Gasteiger partial charge in [-0.05, 0) is 28.9 Å². The molecule has 2 aromatic heterocycles. The summed E-state index contributed by atoms with van der Waals surface area (Å²) in [5.74, 6) is 0.0879. The van der Waals surface area contributed by atoms with Crippen molar-refractivity contribution in [3.8, 4) is 0 Å². The van der Waals surface area contributed by atoms with Crippen LogP contribution < -0.4 is 0 Å². The first-order valence-electron chi connectivity index (χ1n) is 3.33. The van der Waals surface area contributed by atoms with E-state index in [9.17, 15) is 4.79 Å². The van der Waals surface area contributed by atoms with Gasteiger partial charge in [-0.3, -0.25) is 9.89 Å². The third-order valence-corrected chi connectivity index (χ3v) is 3.29. The van der Waals surface area contributed by atoms with E-state index in [0.717, 1.165) is 19.7 Å². The van der Waals surface area contributed by atoms with Crippen LogP contribution in [0.5, 0.6) is 0 Å². The minimum Gasteiger partial charge on any atom is -0.294 e. The lowest BCUT2D eigenvalue weighted by Crippen LogP contribution is -1.84. The Morgan fingerprint density at radius 3 is 3.08 bits per heavy atom. The summed E-state index contributed by atoms with van der Waals surface area (Å²) in [5, 5.41) is 7.78. The predicted octanol–water partition coefficient (Wildman–Crippen LogP) is 2.59. The number of hydrogen-bond acceptors (Lipinski definition) is 3. The molecule has 0 aliphatic rings. The molecule has 0 unspecified atom stereocenters. The number of hydrogen-bond donors (Lipinski definition) is 1. The highest BCUT2D eigenvalue weighted by molar-refractivity contribution is 9.10. The van der Waals surface area contributed by atoms with Gasteiger partial charge in [0.1, 0.15) is 9.43 Å². The van der Waals surface area contributed by atoms with E-state index in [0.29, 0.717) is 0 Å². The van der Waals surface area contributed by atoms with Crippen LogP contribution in [-0.2, 0) is 0 Å². The first-order valence-corrected chi connectivity index (χ1v) is 4.94. The largest absolute Gasteiger partial charge is 0.294 e. The molecule has 3 nitrogen and oxygen atoms in total. The van der Waals surface area contributed by atoms with Gasteiger partial charge in [0, 0.05) is 5.39 Å². The molecule has 0 aliphatic heterocycles. The fourth-order valence-electron chi connectivity index (χ4n) is 0.955. The molecule has 1 N–H and O–H groups in total. The van der Waals surface area contributed by atoms with Crippen LogP contribution in [0, 0.1) is 0 Å². The molecule has 2 rings (SSSR count). The molecule has 0 saturated heterocycles. The molecule has 2 aromatic rings. The molecular weight excluding hydrogens is 240 g/mol. The number of H-pyrrole nitrogens is 1. The fourth-order valence-corrected chi connectivity index (χ4v) is 2.37. The summed E-state index contributed by atoms with van der Waals surface area (Å²) < 4.78 is 0.834. The van der Waals surface area contributed by atoms with Gasteiger partial charge in [0.2, 0.25) is 0 Å². The number of rotatable bonds is 1. The number of ketones is 1. The summed E-state index contributed by atoms with van der Waals surface area (Å²) in [6.45, 7) is 1.56. The van der Waals surface area contributed by atoms with Crippen molar-refractivity contribution >= 4 is 43.3 Å². The summed E-state index contributed by atoms with van der Waals surface area (Å²) >= 11 is 4.71. The maximum absolute atomic E-state index is 11.0. The second kappa shape index (κ2) is 2.67. The molecule has 62 valence electrons. The molecule has 0 aliphatic carbocycles. The normalized spacial score (nSPS) is 10.8. The number of aromatic amines is 1. The minimum atomic E-state index is 0.0879. The Bertz CT molecular complexity index is 445. The Morgan fingerprint density at radius 2 is 2.50 bits per heavy atom. The van der Waals surface area contributed by atoms with E-state index in [1.165, 1.54) is 11.3 Å². The van der Waals surface area contributed by atoms with Crippen LogP contribution in [-0.4, -0.2) is 16.0 Å². The van der Waals surface area contributed by atoms with Crippen molar-refractivity contribution in [2.45, 2.75) is 6.92 Å². The first-order chi connectivity index (χ1) is 5.68. The van der Waals surface area contributed by atoms with Gasteiger partial charge in [0.15, 0.2) is 5.78 Å². The number of Topliss-reactive ketones (excluding diaryl/α,β-unsaturated/α-hetero) is 1. The molecule has 0 fully saturated rings. The van der Waals surface area contributed by atoms with Crippen LogP contribution in [0.25, 0.3) is 10.2 Å². The second-order valence-electron chi connectivity index (χ2n) is 2.42. The Balaban J connectivity index is 2.70. The van der Waals surface area contributed by atoms with Gasteiger partial charge in [-0.25, -0.2) is 0 Å². The number of halogens is 1. The predicted molar refractivity (Wildman–Crippen MR) is 51.7 cm³/mol. The molecule has 0 aromatic carbocycles. The van der Waals surface area contributed by atoms with Crippen LogP contribution in [0.1, 0.15) is 16.6 Å². The lowest BCUT2D eigenvalue weighted by Gasteiger charge is -1.82. The number of carbonyl (C=O) groups is 1. The first kappa shape index (κ1) is 7.94. The Kier molecular flexibility index (Phi) is 1.77. The zero-order valence-corrected chi connectivity index (χ0v) is 8.62. The highest BCUT2D eigenvalue weighted by Gasteiger charge is 2.10. The van der Waals surface area contributed by atoms with E-state index in [4.69, 9.17) is 0 Å². The number of nitrogens with one attached hydrogen (secondary N) is 1. The monoisotopic (exact) mass is 244 g/mol. The Hall–Kier alpha value is -0.680. The van der Waals surface area contributed by atoms with Crippen molar-refractivity contribution < 1.29 is 4.79 Å². The van der Waals surface area contributed by atoms with Crippen molar-refractivity contribution in [1.82, 2.24) is 10.2 Å². The van der Waals surface area contributed by atoms with Gasteiger partial charge in [0.05, 0.1) is 4.88 Å². The maximum Gasteiger partial charge on any atom is 0.169 e. The van der Waals surface area contributed by atoms with Crippen molar-refractivity contribution in [3.63, 3.8) is 0 Å². The summed E-state index contributed by atoms with van der Waals surface area (Å²) in [5.41, 5.74) is 0. The van der Waals surface area contributed by atoms with Gasteiger partial charge in [-0.2, -0.15) is 5.10 Å². The van der Waals surface area contributed by atoms with E-state index in [1.54, 1.807) is 6.92 Å². The van der Waals surface area contributed by atoms with E-state index >= 15 is 0 Å². The van der Waals surface area contributed by atoms with Gasteiger partial charge in [0.25, 0.3) is 0 Å². The molecule has 0 spiro atoms. The molecule has 5 heteroatoms. The smallest absolute Gasteiger partial charge is 0.169 e. The van der Waals surface area contributed by atoms with Crippen molar-refractivity contribution in [2.24, 2.45) is 0 Å². The standard InChI is InChI=1S/C7H5BrN2OS/c1-3(11)5-2-4-6(8)9-10-7(4)12-5/h2H,1H3,(H,9,10). The highest BCUT2D eigenvalue weighted by atomic mass is 79.9. The second-order valence-corrected chi connectivity index (χ2v) is 4.25. The van der Waals surface area contributed by atoms with Crippen LogP contribution in [0.3, 0.4) is 0 Å².